The first-order chi connectivity index (χ1) is 46.3. The number of ether oxygens (including phenoxy) is 8. The fourth-order valence-corrected chi connectivity index (χ4v) is 33.0. The number of amides is 3. The van der Waals surface area contributed by atoms with E-state index >= 15 is 0 Å². The molecule has 18 nitrogen and oxygen atoms in total. The summed E-state index contributed by atoms with van der Waals surface area (Å²) in [5.41, 5.74) is 2.34. The molecule has 3 amide bonds. The smallest absolute Gasteiger partial charge is 0.870 e. The number of carbonyl (C=O) groups is 5. The van der Waals surface area contributed by atoms with E-state index in [4.69, 9.17) is 37.9 Å². The molecule has 4 heterocycles. The Bertz CT molecular complexity index is 3460. The van der Waals surface area contributed by atoms with Crippen LogP contribution in [0, 0.1) is 0 Å². The van der Waals surface area contributed by atoms with Gasteiger partial charge in [-0.2, -0.15) is 0 Å². The summed E-state index contributed by atoms with van der Waals surface area (Å²) in [6, 6.07) is 61.8. The van der Waals surface area contributed by atoms with Gasteiger partial charge in [0.05, 0.1) is 26.4 Å². The Morgan fingerprint density at radius 3 is 1.14 bits per heavy atom. The molecule has 0 saturated carbocycles. The monoisotopic (exact) mass is 1630 g/mol. The number of nitrogens with zero attached hydrogens (tertiary/aromatic N) is 2. The minimum absolute atomic E-state index is 0. The third-order valence-electron chi connectivity index (χ3n) is 16.7. The summed E-state index contributed by atoms with van der Waals surface area (Å²) in [7, 11) is 3.23. The van der Waals surface area contributed by atoms with Gasteiger partial charge >= 0.3 is 566 Å². The average molecular weight is 1630 g/mol. The molecule has 0 bridgehead atoms. The molecule has 6 aromatic carbocycles. The van der Waals surface area contributed by atoms with Gasteiger partial charge in [0.2, 0.25) is 0 Å². The molecule has 0 spiro atoms. The van der Waals surface area contributed by atoms with Gasteiger partial charge in [-0.15, -0.1) is 0 Å². The molecule has 97 heavy (non-hydrogen) atoms. The number of hydrogen-bond acceptors (Lipinski definition) is 17. The predicted molar refractivity (Wildman–Crippen MR) is 403 cm³/mol. The molecule has 10 rings (SSSR count). The minimum atomic E-state index is -3.35. The maximum absolute atomic E-state index is 13.9. The largest absolute Gasteiger partial charge is 1.00 e. The number of thioether (sulfide) groups is 2. The summed E-state index contributed by atoms with van der Waals surface area (Å²) in [4.78, 5) is 71.1. The van der Waals surface area contributed by atoms with Crippen LogP contribution in [0.4, 0.5) is 0 Å². The Kier molecular flexibility index (Phi) is 31.5. The Morgan fingerprint density at radius 2 is 0.804 bits per heavy atom. The molecular weight excluding hydrogens is 1550 g/mol. The van der Waals surface area contributed by atoms with Crippen LogP contribution in [0.5, 0.6) is 0 Å². The number of β-lactam (4-membered cyclic amide) rings is 2. The van der Waals surface area contributed by atoms with Gasteiger partial charge in [0.15, 0.2) is 0 Å². The summed E-state index contributed by atoms with van der Waals surface area (Å²) in [5, 5.41) is 12.6. The molecule has 3 N–H and O–H groups in total. The number of nitrogens with one attached hydrogen (secondary N) is 2. The van der Waals surface area contributed by atoms with E-state index in [2.05, 4.69) is 177 Å². The van der Waals surface area contributed by atoms with Crippen molar-refractivity contribution in [3.05, 3.63) is 230 Å². The van der Waals surface area contributed by atoms with E-state index in [1.807, 2.05) is 72.8 Å². The van der Waals surface area contributed by atoms with Gasteiger partial charge in [0, 0.05) is 14.2 Å². The first-order valence-electron chi connectivity index (χ1n) is 31.3. The molecule has 4 atom stereocenters. The van der Waals surface area contributed by atoms with Gasteiger partial charge in [-0.25, -0.2) is 0 Å². The van der Waals surface area contributed by atoms with E-state index in [-0.39, 0.29) is 84.3 Å². The molecule has 0 radical (unpaired) electrons. The maximum atomic E-state index is 13.9. The van der Waals surface area contributed by atoms with Crippen LogP contribution in [-0.4, -0.2) is 192 Å². The van der Waals surface area contributed by atoms with Crippen LogP contribution in [-0.2, 0) is 61.9 Å². The molecule has 25 heteroatoms. The summed E-state index contributed by atoms with van der Waals surface area (Å²) in [5.74, 6) is -0.924. The van der Waals surface area contributed by atoms with Gasteiger partial charge in [0.1, 0.15) is 0 Å². The Hall–Kier alpha value is -4.67. The van der Waals surface area contributed by atoms with Crippen molar-refractivity contribution in [3.8, 4) is 0 Å². The third kappa shape index (κ3) is 18.0. The van der Waals surface area contributed by atoms with Gasteiger partial charge in [0.25, 0.3) is 0 Å². The molecule has 6 aromatic rings. The molecule has 4 aliphatic heterocycles. The van der Waals surface area contributed by atoms with Crippen molar-refractivity contribution < 1.29 is 96.9 Å². The Labute approximate surface area is 625 Å². The quantitative estimate of drug-likeness (QED) is 0.00999. The average Bonchev–Trinajstić information content (AvgIpc) is 0.706. The summed E-state index contributed by atoms with van der Waals surface area (Å²) < 4.78 is 36.4. The number of fused-ring (bicyclic) bond motifs is 2. The minimum Gasteiger partial charge on any atom is -0.870 e. The van der Waals surface area contributed by atoms with Crippen LogP contribution < -0.4 is 72.0 Å². The number of methoxy groups -OCH3 is 2. The van der Waals surface area contributed by atoms with Gasteiger partial charge in [-0.1, -0.05) is 0 Å². The maximum Gasteiger partial charge on any atom is 1.00 e. The Balaban J connectivity index is 0.000000268. The zero-order chi connectivity index (χ0) is 67.2. The second kappa shape index (κ2) is 38.4. The summed E-state index contributed by atoms with van der Waals surface area (Å²) >= 11 is 8.62. The SMILES string of the molecule is C=CCOC(=O)C1=C(CP(I)(c2ccccc2)(c2ccccc2)c2ccccc2)CSC2[C@H](NC(=O)COCCOCCOC)C(=O)N12.C=CCOC(=O)C1=C(CP(I)(c2ccccc2)(c2ccccc2)c2ccccc2)CSC2[C@H](NCCOCCOCCOC)C(=O)N12.[Na+].[OH-]. The van der Waals surface area contributed by atoms with E-state index < -0.39 is 43.8 Å². The number of hydrogen-bond donors (Lipinski definition) is 2. The molecule has 512 valence electrons. The fourth-order valence-electron chi connectivity index (χ4n) is 12.1. The number of rotatable bonds is 35. The van der Waals surface area contributed by atoms with Crippen LogP contribution in [0.15, 0.2) is 230 Å². The first-order valence-corrected chi connectivity index (χ1v) is 43.8. The van der Waals surface area contributed by atoms with Crippen LogP contribution in [0.2, 0.25) is 0 Å². The van der Waals surface area contributed by atoms with Crippen molar-refractivity contribution in [2.24, 2.45) is 0 Å². The Morgan fingerprint density at radius 1 is 0.495 bits per heavy atom. The summed E-state index contributed by atoms with van der Waals surface area (Å²) in [6.45, 7) is 11.7. The van der Waals surface area contributed by atoms with E-state index in [9.17, 15) is 24.0 Å². The van der Waals surface area contributed by atoms with Crippen molar-refractivity contribution in [3.63, 3.8) is 0 Å². The molecule has 2 fully saturated rings. The summed E-state index contributed by atoms with van der Waals surface area (Å²) in [6.07, 6.45) is 4.13. The fraction of sp³-hybridized carbons (Fsp3) is 0.319. The van der Waals surface area contributed by atoms with Crippen molar-refractivity contribution >= 4 is 138 Å². The van der Waals surface area contributed by atoms with E-state index in [1.165, 1.54) is 38.7 Å². The molecule has 4 aliphatic rings. The number of esters is 2. The topological polar surface area (TPSA) is 220 Å². The predicted octanol–water partition coefficient (Wildman–Crippen LogP) is 5.16. The molecular formula is C72H83I2N4NaO14P2S2. The molecule has 0 aliphatic carbocycles. The van der Waals surface area contributed by atoms with Gasteiger partial charge in [-0.05, 0) is 0 Å². The molecule has 2 unspecified atom stereocenters. The number of benzene rings is 6. The second-order valence-corrected chi connectivity index (χ2v) is 46.0. The first kappa shape index (κ1) is 79.7. The molecule has 0 aromatic heterocycles. The second-order valence-electron chi connectivity index (χ2n) is 22.5. The van der Waals surface area contributed by atoms with Crippen LogP contribution in [0.25, 0.3) is 0 Å². The number of halogens is 2. The van der Waals surface area contributed by atoms with E-state index in [0.29, 0.717) is 88.9 Å². The van der Waals surface area contributed by atoms with E-state index in [0.717, 1.165) is 27.1 Å². The van der Waals surface area contributed by atoms with Crippen LogP contribution >= 0.6 is 76.1 Å². The van der Waals surface area contributed by atoms with Gasteiger partial charge < -0.3 is 24.4 Å². The third-order valence-corrected chi connectivity index (χ3v) is 41.6. The van der Waals surface area contributed by atoms with Crippen LogP contribution in [0.1, 0.15) is 0 Å². The zero-order valence-electron chi connectivity index (χ0n) is 54.8. The van der Waals surface area contributed by atoms with E-state index in [1.54, 1.807) is 37.0 Å². The van der Waals surface area contributed by atoms with Crippen molar-refractivity contribution in [1.29, 1.82) is 0 Å². The molecule has 2 saturated heterocycles. The van der Waals surface area contributed by atoms with Gasteiger partial charge in [-0.3, -0.25) is 0 Å². The zero-order valence-corrected chi connectivity index (χ0v) is 64.6. The number of carbonyl (C=O) groups excluding carboxylic acids is 5. The normalized spacial score (nSPS) is 18.0. The standard InChI is InChI=1S/C36H40IN2O7PS.C36H42IN2O6PS.Na.H2O/c1-3-19-46-36(42)33-27(26-48-35-32(34(41)39(33)35)38-31(40)24-45-23-22-44-21-20-43-2)25-47(37,28-13-7-4-8-14-28,29-15-9-5-10-16-29)30-17-11-6-12-18-30;1-3-20-45-36(41)33-28(27-47-35-32(34(40)39(33)35)38-19-21-43-24-25-44-23-22-42-2)26-46(37,29-13-7-4-8-14-29,30-15-9-5-10-16-30)31-17-11-6-12-18-31;;/h3-18,32,35H,1,19-26H2,2H3,(H,38,40);3-18,32,35,38H,1,19-27H2,2H3;;1H2/q;;+1;/p-1/t2*32-,35?;;/m11../s1. The van der Waals surface area contributed by atoms with Crippen molar-refractivity contribution in [2.45, 2.75) is 22.8 Å². The van der Waals surface area contributed by atoms with Crippen molar-refractivity contribution in [1.82, 2.24) is 20.4 Å². The van der Waals surface area contributed by atoms with Crippen LogP contribution in [0.3, 0.4) is 0 Å². The van der Waals surface area contributed by atoms with Crippen molar-refractivity contribution in [2.75, 3.05) is 124 Å².